The van der Waals surface area contributed by atoms with Crippen LogP contribution in [0.2, 0.25) is 0 Å². The van der Waals surface area contributed by atoms with E-state index >= 15 is 0 Å². The van der Waals surface area contributed by atoms with Crippen molar-refractivity contribution >= 4 is 5.91 Å². The molecule has 0 bridgehead atoms. The van der Waals surface area contributed by atoms with Crippen LogP contribution >= 0.6 is 0 Å². The van der Waals surface area contributed by atoms with Gasteiger partial charge in [0.1, 0.15) is 0 Å². The van der Waals surface area contributed by atoms with Crippen molar-refractivity contribution in [3.05, 3.63) is 47.8 Å². The molecule has 2 aromatic rings. The summed E-state index contributed by atoms with van der Waals surface area (Å²) in [5, 5.41) is 3.03. The Morgan fingerprint density at radius 1 is 1.40 bits per heavy atom. The highest BCUT2D eigenvalue weighted by Gasteiger charge is 2.25. The number of imidazole rings is 1. The normalized spacial score (nSPS) is 17.5. The third-order valence-corrected chi connectivity index (χ3v) is 3.82. The van der Waals surface area contributed by atoms with Crippen LogP contribution in [0.15, 0.2) is 30.9 Å². The maximum absolute atomic E-state index is 12.2. The van der Waals surface area contributed by atoms with Crippen molar-refractivity contribution in [3.63, 3.8) is 0 Å². The summed E-state index contributed by atoms with van der Waals surface area (Å²) in [6.45, 7) is 0.676. The minimum absolute atomic E-state index is 0.0698. The lowest BCUT2D eigenvalue weighted by molar-refractivity contribution is -0.125. The monoisotopic (exact) mass is 270 g/mol. The number of H-pyrrole nitrogens is 1. The second-order valence-electron chi connectivity index (χ2n) is 5.16. The predicted octanol–water partition coefficient (Wildman–Crippen LogP) is 1.27. The fraction of sp³-hybridized carbons (Fsp3) is 0.400. The van der Waals surface area contributed by atoms with Crippen LogP contribution in [-0.4, -0.2) is 27.4 Å². The molecule has 2 heterocycles. The molecule has 0 spiro atoms. The molecule has 0 aliphatic heterocycles. The van der Waals surface area contributed by atoms with Gasteiger partial charge in [0.2, 0.25) is 5.91 Å². The van der Waals surface area contributed by atoms with E-state index in [1.807, 2.05) is 12.1 Å². The third-order valence-electron chi connectivity index (χ3n) is 3.82. The maximum Gasteiger partial charge on any atom is 0.223 e. The van der Waals surface area contributed by atoms with Gasteiger partial charge in [0.25, 0.3) is 0 Å². The maximum atomic E-state index is 12.2. The Kier molecular flexibility index (Phi) is 3.76. The fourth-order valence-electron chi connectivity index (χ4n) is 2.65. The van der Waals surface area contributed by atoms with Gasteiger partial charge in [-0.15, -0.1) is 0 Å². The van der Waals surface area contributed by atoms with E-state index in [9.17, 15) is 4.79 Å². The highest BCUT2D eigenvalue weighted by Crippen LogP contribution is 2.22. The predicted molar refractivity (Wildman–Crippen MR) is 75.1 cm³/mol. The van der Waals surface area contributed by atoms with Crippen molar-refractivity contribution < 1.29 is 4.79 Å². The van der Waals surface area contributed by atoms with Crippen LogP contribution in [0.3, 0.4) is 0 Å². The number of aryl methyl sites for hydroxylation is 1. The molecule has 2 aromatic heterocycles. The van der Waals surface area contributed by atoms with Crippen molar-refractivity contribution in [2.24, 2.45) is 5.92 Å². The molecule has 1 aliphatic rings. The smallest absolute Gasteiger partial charge is 0.223 e. The first kappa shape index (κ1) is 12.8. The number of carbonyl (C=O) groups excluding carboxylic acids is 1. The van der Waals surface area contributed by atoms with Gasteiger partial charge < -0.3 is 10.3 Å². The Morgan fingerprint density at radius 2 is 2.25 bits per heavy atom. The summed E-state index contributed by atoms with van der Waals surface area (Å²) >= 11 is 0. The van der Waals surface area contributed by atoms with Gasteiger partial charge in [0.05, 0.1) is 12.0 Å². The number of aromatic amines is 1. The molecule has 5 nitrogen and oxygen atoms in total. The van der Waals surface area contributed by atoms with E-state index in [1.165, 1.54) is 5.56 Å². The molecule has 0 saturated carbocycles. The molecule has 104 valence electrons. The van der Waals surface area contributed by atoms with E-state index in [0.717, 1.165) is 37.1 Å². The first-order valence-corrected chi connectivity index (χ1v) is 7.00. The quantitative estimate of drug-likeness (QED) is 0.879. The van der Waals surface area contributed by atoms with Gasteiger partial charge in [-0.2, -0.15) is 0 Å². The lowest BCUT2D eigenvalue weighted by Crippen LogP contribution is -2.35. The molecule has 0 unspecified atom stereocenters. The molecular weight excluding hydrogens is 252 g/mol. The number of carbonyl (C=O) groups is 1. The van der Waals surface area contributed by atoms with E-state index in [-0.39, 0.29) is 11.8 Å². The van der Waals surface area contributed by atoms with E-state index < -0.39 is 0 Å². The topological polar surface area (TPSA) is 70.7 Å². The van der Waals surface area contributed by atoms with Gasteiger partial charge in [-0.1, -0.05) is 0 Å². The van der Waals surface area contributed by atoms with Crippen LogP contribution in [0.5, 0.6) is 0 Å². The molecule has 1 amide bonds. The molecule has 2 N–H and O–H groups in total. The molecule has 20 heavy (non-hydrogen) atoms. The first-order valence-electron chi connectivity index (χ1n) is 7.00. The summed E-state index contributed by atoms with van der Waals surface area (Å²) < 4.78 is 0. The Balaban J connectivity index is 1.48. The number of hydrogen-bond acceptors (Lipinski definition) is 3. The summed E-state index contributed by atoms with van der Waals surface area (Å²) in [6, 6.07) is 3.95. The second kappa shape index (κ2) is 5.86. The first-order chi connectivity index (χ1) is 9.83. The Morgan fingerprint density at radius 3 is 3.10 bits per heavy atom. The Labute approximate surface area is 117 Å². The van der Waals surface area contributed by atoms with E-state index in [2.05, 4.69) is 20.3 Å². The number of pyridine rings is 1. The highest BCUT2D eigenvalue weighted by atomic mass is 16.1. The molecule has 1 aliphatic carbocycles. The fourth-order valence-corrected chi connectivity index (χ4v) is 2.65. The summed E-state index contributed by atoms with van der Waals surface area (Å²) in [6.07, 6.45) is 8.66. The van der Waals surface area contributed by atoms with Crippen molar-refractivity contribution in [1.29, 1.82) is 0 Å². The van der Waals surface area contributed by atoms with Gasteiger partial charge >= 0.3 is 0 Å². The third kappa shape index (κ3) is 2.87. The molecule has 0 fully saturated rings. The minimum Gasteiger partial charge on any atom is -0.356 e. The number of hydrogen-bond donors (Lipinski definition) is 2. The number of nitrogens with one attached hydrogen (secondary N) is 2. The summed E-state index contributed by atoms with van der Waals surface area (Å²) in [4.78, 5) is 23.5. The van der Waals surface area contributed by atoms with Crippen molar-refractivity contribution in [2.45, 2.75) is 25.7 Å². The van der Waals surface area contributed by atoms with Gasteiger partial charge in [-0.3, -0.25) is 9.78 Å². The van der Waals surface area contributed by atoms with Crippen LogP contribution in [0.25, 0.3) is 0 Å². The Hall–Kier alpha value is -2.17. The summed E-state index contributed by atoms with van der Waals surface area (Å²) in [7, 11) is 0. The summed E-state index contributed by atoms with van der Waals surface area (Å²) in [5.74, 6) is 0.222. The van der Waals surface area contributed by atoms with Crippen LogP contribution in [0.1, 0.15) is 23.4 Å². The van der Waals surface area contributed by atoms with E-state index in [4.69, 9.17) is 0 Å². The zero-order valence-corrected chi connectivity index (χ0v) is 11.3. The average molecular weight is 270 g/mol. The number of nitrogens with zero attached hydrogens (tertiary/aromatic N) is 2. The Bertz CT molecular complexity index is 579. The highest BCUT2D eigenvalue weighted by molar-refractivity contribution is 5.79. The van der Waals surface area contributed by atoms with Gasteiger partial charge in [0.15, 0.2) is 0 Å². The summed E-state index contributed by atoms with van der Waals surface area (Å²) in [5.41, 5.74) is 3.43. The molecular formula is C15H18N4O. The molecule has 5 heteroatoms. The second-order valence-corrected chi connectivity index (χ2v) is 5.16. The van der Waals surface area contributed by atoms with Crippen molar-refractivity contribution in [3.8, 4) is 0 Å². The number of aromatic nitrogens is 3. The number of fused-ring (bicyclic) bond motifs is 1. The average Bonchev–Trinajstić information content (AvgIpc) is 2.95. The van der Waals surface area contributed by atoms with Crippen LogP contribution < -0.4 is 5.32 Å². The number of amides is 1. The zero-order valence-electron chi connectivity index (χ0n) is 11.3. The molecule has 0 aromatic carbocycles. The van der Waals surface area contributed by atoms with Crippen LogP contribution in [0.4, 0.5) is 0 Å². The van der Waals surface area contributed by atoms with Crippen molar-refractivity contribution in [1.82, 2.24) is 20.3 Å². The van der Waals surface area contributed by atoms with Crippen molar-refractivity contribution in [2.75, 3.05) is 6.54 Å². The zero-order chi connectivity index (χ0) is 13.8. The molecule has 3 rings (SSSR count). The van der Waals surface area contributed by atoms with Gasteiger partial charge in [-0.25, -0.2) is 4.98 Å². The van der Waals surface area contributed by atoms with E-state index in [1.54, 1.807) is 18.7 Å². The number of rotatable bonds is 4. The molecule has 0 saturated heterocycles. The van der Waals surface area contributed by atoms with Crippen LogP contribution in [-0.2, 0) is 24.1 Å². The van der Waals surface area contributed by atoms with Crippen LogP contribution in [0, 0.1) is 5.92 Å². The van der Waals surface area contributed by atoms with E-state index in [0.29, 0.717) is 6.54 Å². The SMILES string of the molecule is O=C(NCCc1ccncc1)[C@H]1CCc2nc[nH]c2C1. The lowest BCUT2D eigenvalue weighted by Gasteiger charge is -2.20. The van der Waals surface area contributed by atoms with Gasteiger partial charge in [-0.05, 0) is 37.0 Å². The largest absolute Gasteiger partial charge is 0.356 e. The molecule has 0 radical (unpaired) electrons. The molecule has 1 atom stereocenters. The minimum atomic E-state index is 0.0698. The standard InChI is InChI=1S/C15H18N4O/c20-15(17-8-5-11-3-6-16-7-4-11)12-1-2-13-14(9-12)19-10-18-13/h3-4,6-7,10,12H,1-2,5,8-9H2,(H,17,20)(H,18,19)/t12-/m0/s1. The lowest BCUT2D eigenvalue weighted by atomic mass is 9.89. The van der Waals surface area contributed by atoms with Gasteiger partial charge in [0, 0.05) is 37.0 Å².